The number of ether oxygens (including phenoxy) is 1. The van der Waals surface area contributed by atoms with E-state index in [0.717, 1.165) is 30.2 Å². The molecule has 0 aliphatic heterocycles. The van der Waals surface area contributed by atoms with Gasteiger partial charge in [0.25, 0.3) is 0 Å². The predicted octanol–water partition coefficient (Wildman–Crippen LogP) is 2.74. The molecule has 2 heterocycles. The van der Waals surface area contributed by atoms with Gasteiger partial charge in [-0.1, -0.05) is 0 Å². The summed E-state index contributed by atoms with van der Waals surface area (Å²) in [7, 11) is 3.60. The smallest absolute Gasteiger partial charge is 0.213 e. The molecule has 0 saturated carbocycles. The molecule has 27 heavy (non-hydrogen) atoms. The van der Waals surface area contributed by atoms with Gasteiger partial charge in [0.15, 0.2) is 5.96 Å². The van der Waals surface area contributed by atoms with Gasteiger partial charge in [0.05, 0.1) is 19.3 Å². The van der Waals surface area contributed by atoms with Crippen LogP contribution in [0.3, 0.4) is 0 Å². The molecular weight excluding hydrogens is 455 g/mol. The molecule has 0 aromatic carbocycles. The Kier molecular flexibility index (Phi) is 9.54. The number of hydrogen-bond acceptors (Lipinski definition) is 4. The van der Waals surface area contributed by atoms with Crippen molar-refractivity contribution in [3.8, 4) is 5.88 Å². The zero-order chi connectivity index (χ0) is 19.1. The average molecular weight is 486 g/mol. The van der Waals surface area contributed by atoms with Crippen molar-refractivity contribution in [2.45, 2.75) is 46.7 Å². The van der Waals surface area contributed by atoms with E-state index >= 15 is 0 Å². The van der Waals surface area contributed by atoms with Crippen LogP contribution in [0.25, 0.3) is 0 Å². The number of nitrogens with zero attached hydrogens (tertiary/aromatic N) is 4. The second-order valence-corrected chi connectivity index (χ2v) is 6.42. The molecule has 1 atom stereocenters. The van der Waals surface area contributed by atoms with Gasteiger partial charge in [-0.3, -0.25) is 4.68 Å². The molecule has 0 amide bonds. The van der Waals surface area contributed by atoms with Crippen molar-refractivity contribution in [2.75, 3.05) is 13.7 Å². The summed E-state index contributed by atoms with van der Waals surface area (Å²) in [6.07, 6.45) is 2.64. The second-order valence-electron chi connectivity index (χ2n) is 6.42. The molecule has 0 bridgehead atoms. The van der Waals surface area contributed by atoms with E-state index < -0.39 is 0 Å². The Bertz CT molecular complexity index is 759. The predicted molar refractivity (Wildman–Crippen MR) is 120 cm³/mol. The Balaban J connectivity index is 0.00000364. The van der Waals surface area contributed by atoms with Gasteiger partial charge in [-0.15, -0.1) is 24.0 Å². The lowest BCUT2D eigenvalue weighted by molar-refractivity contribution is 0.397. The number of aromatic nitrogens is 3. The fourth-order valence-corrected chi connectivity index (χ4v) is 2.85. The lowest BCUT2D eigenvalue weighted by atomic mass is 10.1. The summed E-state index contributed by atoms with van der Waals surface area (Å²) in [4.78, 5) is 8.81. The summed E-state index contributed by atoms with van der Waals surface area (Å²) in [6.45, 7) is 9.76. The van der Waals surface area contributed by atoms with Crippen LogP contribution in [-0.4, -0.2) is 40.4 Å². The molecular formula is C19H31IN6O. The molecule has 0 aliphatic carbocycles. The highest BCUT2D eigenvalue weighted by Gasteiger charge is 2.14. The van der Waals surface area contributed by atoms with Crippen molar-refractivity contribution in [3.05, 3.63) is 40.8 Å². The SMILES string of the molecule is CCNC(=NCc1ccnc(OC)c1)NC(C)Cc1c(C)nn(C)c1C.I. The molecule has 8 heteroatoms. The fraction of sp³-hybridized carbons (Fsp3) is 0.526. The molecule has 0 fully saturated rings. The first-order chi connectivity index (χ1) is 12.4. The lowest BCUT2D eigenvalue weighted by Gasteiger charge is -2.18. The molecule has 2 aromatic rings. The maximum absolute atomic E-state index is 5.17. The Morgan fingerprint density at radius 2 is 2.11 bits per heavy atom. The Morgan fingerprint density at radius 1 is 1.37 bits per heavy atom. The minimum absolute atomic E-state index is 0. The summed E-state index contributed by atoms with van der Waals surface area (Å²) in [6, 6.07) is 4.08. The van der Waals surface area contributed by atoms with E-state index in [0.29, 0.717) is 12.4 Å². The van der Waals surface area contributed by atoms with Crippen molar-refractivity contribution in [1.82, 2.24) is 25.4 Å². The third-order valence-electron chi connectivity index (χ3n) is 4.32. The topological polar surface area (TPSA) is 76.4 Å². The molecule has 2 rings (SSSR count). The minimum Gasteiger partial charge on any atom is -0.481 e. The number of rotatable bonds is 7. The number of halogens is 1. The van der Waals surface area contributed by atoms with Gasteiger partial charge in [0.1, 0.15) is 0 Å². The van der Waals surface area contributed by atoms with Gasteiger partial charge < -0.3 is 15.4 Å². The first kappa shape index (κ1) is 23.2. The van der Waals surface area contributed by atoms with E-state index in [2.05, 4.69) is 53.4 Å². The van der Waals surface area contributed by atoms with Gasteiger partial charge in [0, 0.05) is 37.6 Å². The van der Waals surface area contributed by atoms with Gasteiger partial charge in [-0.2, -0.15) is 5.10 Å². The molecule has 0 saturated heterocycles. The molecule has 0 spiro atoms. The maximum Gasteiger partial charge on any atom is 0.213 e. The molecule has 0 radical (unpaired) electrons. The Hall–Kier alpha value is -1.84. The van der Waals surface area contributed by atoms with E-state index in [-0.39, 0.29) is 30.0 Å². The van der Waals surface area contributed by atoms with E-state index in [1.165, 1.54) is 11.3 Å². The molecule has 0 aliphatic rings. The molecule has 1 unspecified atom stereocenters. The van der Waals surface area contributed by atoms with Crippen LogP contribution in [0.1, 0.15) is 36.4 Å². The van der Waals surface area contributed by atoms with Gasteiger partial charge >= 0.3 is 0 Å². The minimum atomic E-state index is 0. The van der Waals surface area contributed by atoms with Crippen molar-refractivity contribution in [3.63, 3.8) is 0 Å². The van der Waals surface area contributed by atoms with Crippen LogP contribution in [0.15, 0.2) is 23.3 Å². The largest absolute Gasteiger partial charge is 0.481 e. The average Bonchev–Trinajstić information content (AvgIpc) is 2.86. The summed E-state index contributed by atoms with van der Waals surface area (Å²) >= 11 is 0. The summed E-state index contributed by atoms with van der Waals surface area (Å²) in [5.41, 5.74) is 4.65. The number of nitrogens with one attached hydrogen (secondary N) is 2. The summed E-state index contributed by atoms with van der Waals surface area (Å²) < 4.78 is 7.10. The van der Waals surface area contributed by atoms with E-state index in [1.54, 1.807) is 13.3 Å². The first-order valence-corrected chi connectivity index (χ1v) is 8.97. The highest BCUT2D eigenvalue weighted by atomic mass is 127. The standard InChI is InChI=1S/C19H30N6O.HI/c1-7-20-19(22-12-16-8-9-21-18(11-16)26-6)23-13(2)10-17-14(3)24-25(5)15(17)4;/h8-9,11,13H,7,10,12H2,1-6H3,(H2,20,22,23);1H. The zero-order valence-electron chi connectivity index (χ0n) is 17.0. The van der Waals surface area contributed by atoms with Crippen molar-refractivity contribution in [2.24, 2.45) is 12.0 Å². The van der Waals surface area contributed by atoms with Crippen LogP contribution in [-0.2, 0) is 20.0 Å². The van der Waals surface area contributed by atoms with Gasteiger partial charge in [-0.05, 0) is 51.3 Å². The zero-order valence-corrected chi connectivity index (χ0v) is 19.4. The van der Waals surface area contributed by atoms with Crippen LogP contribution in [0, 0.1) is 13.8 Å². The summed E-state index contributed by atoms with van der Waals surface area (Å²) in [5.74, 6) is 1.40. The number of methoxy groups -OCH3 is 1. The molecule has 2 N–H and O–H groups in total. The molecule has 7 nitrogen and oxygen atoms in total. The lowest BCUT2D eigenvalue weighted by Crippen LogP contribution is -2.43. The first-order valence-electron chi connectivity index (χ1n) is 8.97. The van der Waals surface area contributed by atoms with Crippen LogP contribution in [0.4, 0.5) is 0 Å². The Labute approximate surface area is 179 Å². The molecule has 2 aromatic heterocycles. The van der Waals surface area contributed by atoms with E-state index in [4.69, 9.17) is 4.74 Å². The van der Waals surface area contributed by atoms with Gasteiger partial charge in [0.2, 0.25) is 5.88 Å². The number of pyridine rings is 1. The maximum atomic E-state index is 5.17. The monoisotopic (exact) mass is 486 g/mol. The normalized spacial score (nSPS) is 12.3. The molecule has 150 valence electrons. The highest BCUT2D eigenvalue weighted by molar-refractivity contribution is 14.0. The number of aryl methyl sites for hydroxylation is 2. The third-order valence-corrected chi connectivity index (χ3v) is 4.32. The van der Waals surface area contributed by atoms with Crippen LogP contribution in [0.5, 0.6) is 5.88 Å². The second kappa shape index (κ2) is 11.1. The van der Waals surface area contributed by atoms with E-state index in [9.17, 15) is 0 Å². The van der Waals surface area contributed by atoms with Crippen molar-refractivity contribution in [1.29, 1.82) is 0 Å². The van der Waals surface area contributed by atoms with Crippen LogP contribution >= 0.6 is 24.0 Å². The summed E-state index contributed by atoms with van der Waals surface area (Å²) in [5, 5.41) is 11.3. The quantitative estimate of drug-likeness (QED) is 0.358. The van der Waals surface area contributed by atoms with Crippen LogP contribution < -0.4 is 15.4 Å². The van der Waals surface area contributed by atoms with Crippen molar-refractivity contribution < 1.29 is 4.74 Å². The Morgan fingerprint density at radius 3 is 2.70 bits per heavy atom. The number of aliphatic imine (C=N–C) groups is 1. The highest BCUT2D eigenvalue weighted by Crippen LogP contribution is 2.14. The fourth-order valence-electron chi connectivity index (χ4n) is 2.85. The number of guanidine groups is 1. The number of hydrogen-bond donors (Lipinski definition) is 2. The third kappa shape index (κ3) is 6.67. The van der Waals surface area contributed by atoms with E-state index in [1.807, 2.05) is 23.9 Å². The van der Waals surface area contributed by atoms with Crippen LogP contribution in [0.2, 0.25) is 0 Å². The van der Waals surface area contributed by atoms with Crippen molar-refractivity contribution >= 4 is 29.9 Å². The van der Waals surface area contributed by atoms with Gasteiger partial charge in [-0.25, -0.2) is 9.98 Å².